The zero-order valence-electron chi connectivity index (χ0n) is 6.44. The first-order valence-corrected chi connectivity index (χ1v) is 4.07. The zero-order chi connectivity index (χ0) is 7.23. The number of hydrogen-bond acceptors (Lipinski definition) is 2. The van der Waals surface area contributed by atoms with Crippen molar-refractivity contribution in [2.75, 3.05) is 13.2 Å². The molecular weight excluding hydrogens is 126 g/mol. The Labute approximate surface area is 63.0 Å². The highest BCUT2D eigenvalue weighted by atomic mass is 16.5. The van der Waals surface area contributed by atoms with Crippen LogP contribution in [0.25, 0.3) is 0 Å². The Kier molecular flexibility index (Phi) is 3.76. The number of nitrogens with one attached hydrogen (secondary N) is 1. The SMILES string of the molecule is [CH2]CCNC1CCCCO1. The Morgan fingerprint density at radius 3 is 3.00 bits per heavy atom. The molecule has 1 heterocycles. The average Bonchev–Trinajstić information content (AvgIpc) is 2.03. The first kappa shape index (κ1) is 8.02. The van der Waals surface area contributed by atoms with Crippen LogP contribution in [0.15, 0.2) is 0 Å². The molecule has 0 aromatic heterocycles. The van der Waals surface area contributed by atoms with Crippen LogP contribution in [0.1, 0.15) is 25.7 Å². The Bertz CT molecular complexity index is 79.3. The fourth-order valence-corrected chi connectivity index (χ4v) is 1.16. The van der Waals surface area contributed by atoms with Crippen molar-refractivity contribution in [3.8, 4) is 0 Å². The van der Waals surface area contributed by atoms with E-state index in [4.69, 9.17) is 4.74 Å². The largest absolute Gasteiger partial charge is 0.363 e. The molecule has 0 bridgehead atoms. The molecule has 0 aromatic carbocycles. The minimum absolute atomic E-state index is 0.315. The normalized spacial score (nSPS) is 26.7. The fourth-order valence-electron chi connectivity index (χ4n) is 1.16. The van der Waals surface area contributed by atoms with Gasteiger partial charge in [-0.25, -0.2) is 0 Å². The zero-order valence-corrected chi connectivity index (χ0v) is 6.44. The predicted octanol–water partition coefficient (Wildman–Crippen LogP) is 1.33. The van der Waals surface area contributed by atoms with Gasteiger partial charge in [-0.15, -0.1) is 0 Å². The van der Waals surface area contributed by atoms with Gasteiger partial charge in [0, 0.05) is 6.61 Å². The van der Waals surface area contributed by atoms with E-state index in [1.807, 2.05) is 0 Å². The molecule has 0 saturated carbocycles. The highest BCUT2D eigenvalue weighted by molar-refractivity contribution is 4.61. The molecule has 0 amide bonds. The lowest BCUT2D eigenvalue weighted by Crippen LogP contribution is -2.34. The molecule has 2 nitrogen and oxygen atoms in total. The van der Waals surface area contributed by atoms with Crippen molar-refractivity contribution in [3.63, 3.8) is 0 Å². The van der Waals surface area contributed by atoms with Gasteiger partial charge in [-0.3, -0.25) is 5.32 Å². The summed E-state index contributed by atoms with van der Waals surface area (Å²) in [4.78, 5) is 0. The first-order chi connectivity index (χ1) is 4.93. The molecule has 1 rings (SSSR count). The second kappa shape index (κ2) is 4.69. The van der Waals surface area contributed by atoms with E-state index in [1.54, 1.807) is 0 Å². The highest BCUT2D eigenvalue weighted by Gasteiger charge is 2.11. The third-order valence-electron chi connectivity index (χ3n) is 1.73. The molecule has 0 aromatic rings. The van der Waals surface area contributed by atoms with Gasteiger partial charge in [0.1, 0.15) is 6.23 Å². The van der Waals surface area contributed by atoms with Crippen LogP contribution < -0.4 is 5.32 Å². The summed E-state index contributed by atoms with van der Waals surface area (Å²) in [7, 11) is 0. The summed E-state index contributed by atoms with van der Waals surface area (Å²) < 4.78 is 5.44. The van der Waals surface area contributed by atoms with Gasteiger partial charge in [-0.1, -0.05) is 6.92 Å². The lowest BCUT2D eigenvalue weighted by atomic mass is 10.2. The summed E-state index contributed by atoms with van der Waals surface area (Å²) >= 11 is 0. The second-order valence-corrected chi connectivity index (χ2v) is 2.66. The molecule has 1 unspecified atom stereocenters. The van der Waals surface area contributed by atoms with Crippen molar-refractivity contribution in [1.29, 1.82) is 0 Å². The number of hydrogen-bond donors (Lipinski definition) is 1. The third kappa shape index (κ3) is 2.67. The molecule has 1 aliphatic rings. The monoisotopic (exact) mass is 142 g/mol. The quantitative estimate of drug-likeness (QED) is 0.641. The Hall–Kier alpha value is -0.0800. The Balaban J connectivity index is 2.02. The molecule has 1 N–H and O–H groups in total. The van der Waals surface area contributed by atoms with E-state index in [2.05, 4.69) is 12.2 Å². The summed E-state index contributed by atoms with van der Waals surface area (Å²) in [5.74, 6) is 0. The smallest absolute Gasteiger partial charge is 0.108 e. The van der Waals surface area contributed by atoms with Crippen LogP contribution in [-0.2, 0) is 4.74 Å². The van der Waals surface area contributed by atoms with E-state index < -0.39 is 0 Å². The number of rotatable bonds is 3. The first-order valence-electron chi connectivity index (χ1n) is 4.07. The van der Waals surface area contributed by atoms with E-state index in [9.17, 15) is 0 Å². The fraction of sp³-hybridized carbons (Fsp3) is 0.875. The van der Waals surface area contributed by atoms with E-state index in [0.717, 1.165) is 19.6 Å². The van der Waals surface area contributed by atoms with Gasteiger partial charge in [0.05, 0.1) is 0 Å². The molecule has 10 heavy (non-hydrogen) atoms. The summed E-state index contributed by atoms with van der Waals surface area (Å²) in [5, 5.41) is 3.29. The van der Waals surface area contributed by atoms with E-state index in [1.165, 1.54) is 19.3 Å². The molecule has 2 heteroatoms. The maximum Gasteiger partial charge on any atom is 0.108 e. The van der Waals surface area contributed by atoms with Gasteiger partial charge in [0.15, 0.2) is 0 Å². The average molecular weight is 142 g/mol. The van der Waals surface area contributed by atoms with E-state index in [0.29, 0.717) is 6.23 Å². The Morgan fingerprint density at radius 1 is 1.50 bits per heavy atom. The van der Waals surface area contributed by atoms with Crippen LogP contribution in [0.3, 0.4) is 0 Å². The van der Waals surface area contributed by atoms with Crippen molar-refractivity contribution < 1.29 is 4.74 Å². The molecule has 1 saturated heterocycles. The van der Waals surface area contributed by atoms with Gasteiger partial charge in [-0.2, -0.15) is 0 Å². The van der Waals surface area contributed by atoms with E-state index >= 15 is 0 Å². The minimum atomic E-state index is 0.315. The summed E-state index contributed by atoms with van der Waals surface area (Å²) in [6, 6.07) is 0. The Morgan fingerprint density at radius 2 is 2.40 bits per heavy atom. The van der Waals surface area contributed by atoms with Crippen LogP contribution in [0, 0.1) is 6.92 Å². The standard InChI is InChI=1S/C8H16NO/c1-2-6-9-8-5-3-4-7-10-8/h8-9H,1-7H2. The van der Waals surface area contributed by atoms with Gasteiger partial charge >= 0.3 is 0 Å². The lowest BCUT2D eigenvalue weighted by molar-refractivity contribution is -0.00463. The van der Waals surface area contributed by atoms with Crippen molar-refractivity contribution in [2.24, 2.45) is 0 Å². The molecular formula is C8H16NO. The number of ether oxygens (including phenoxy) is 1. The van der Waals surface area contributed by atoms with E-state index in [-0.39, 0.29) is 0 Å². The molecule has 0 aliphatic carbocycles. The van der Waals surface area contributed by atoms with Crippen LogP contribution >= 0.6 is 0 Å². The third-order valence-corrected chi connectivity index (χ3v) is 1.73. The van der Waals surface area contributed by atoms with Crippen LogP contribution in [0.5, 0.6) is 0 Å². The van der Waals surface area contributed by atoms with Crippen LogP contribution in [0.2, 0.25) is 0 Å². The maximum absolute atomic E-state index is 5.44. The van der Waals surface area contributed by atoms with Crippen molar-refractivity contribution in [2.45, 2.75) is 31.9 Å². The molecule has 59 valence electrons. The van der Waals surface area contributed by atoms with Crippen LogP contribution in [0.4, 0.5) is 0 Å². The molecule has 1 radical (unpaired) electrons. The highest BCUT2D eigenvalue weighted by Crippen LogP contribution is 2.09. The van der Waals surface area contributed by atoms with Crippen molar-refractivity contribution in [3.05, 3.63) is 6.92 Å². The summed E-state index contributed by atoms with van der Waals surface area (Å²) in [6.07, 6.45) is 4.95. The van der Waals surface area contributed by atoms with Gasteiger partial charge < -0.3 is 4.74 Å². The van der Waals surface area contributed by atoms with Crippen molar-refractivity contribution in [1.82, 2.24) is 5.32 Å². The summed E-state index contributed by atoms with van der Waals surface area (Å²) in [6.45, 7) is 5.65. The van der Waals surface area contributed by atoms with Crippen LogP contribution in [-0.4, -0.2) is 19.4 Å². The maximum atomic E-state index is 5.44. The molecule has 1 atom stereocenters. The van der Waals surface area contributed by atoms with Gasteiger partial charge in [0.2, 0.25) is 0 Å². The molecule has 0 spiro atoms. The molecule has 1 fully saturated rings. The predicted molar refractivity (Wildman–Crippen MR) is 41.6 cm³/mol. The molecule has 1 aliphatic heterocycles. The van der Waals surface area contributed by atoms with Gasteiger partial charge in [-0.05, 0) is 32.2 Å². The summed E-state index contributed by atoms with van der Waals surface area (Å²) in [5.41, 5.74) is 0. The minimum Gasteiger partial charge on any atom is -0.363 e. The lowest BCUT2D eigenvalue weighted by Gasteiger charge is -2.23. The topological polar surface area (TPSA) is 21.3 Å². The van der Waals surface area contributed by atoms with Gasteiger partial charge in [0.25, 0.3) is 0 Å². The van der Waals surface area contributed by atoms with Crippen molar-refractivity contribution >= 4 is 0 Å². The second-order valence-electron chi connectivity index (χ2n) is 2.66.